The van der Waals surface area contributed by atoms with Crippen molar-refractivity contribution in [1.82, 2.24) is 4.98 Å². The van der Waals surface area contributed by atoms with E-state index in [4.69, 9.17) is 10.8 Å². The molecule has 4 N–H and O–H groups in total. The van der Waals surface area contributed by atoms with Gasteiger partial charge in [0.05, 0.1) is 5.69 Å². The van der Waals surface area contributed by atoms with Crippen LogP contribution in [0.25, 0.3) is 11.3 Å². The van der Waals surface area contributed by atoms with Crippen molar-refractivity contribution >= 4 is 5.69 Å². The Kier molecular flexibility index (Phi) is 2.17. The number of aromatic hydroxyl groups is 1. The highest BCUT2D eigenvalue weighted by Crippen LogP contribution is 2.18. The average molecular weight is 202 g/mol. The fourth-order valence-corrected chi connectivity index (χ4v) is 1.29. The number of H-pyrrole nitrogens is 1. The van der Waals surface area contributed by atoms with Crippen molar-refractivity contribution in [3.8, 4) is 17.0 Å². The average Bonchev–Trinajstić information content (AvgIpc) is 2.23. The van der Waals surface area contributed by atoms with Crippen LogP contribution in [0.1, 0.15) is 0 Å². The van der Waals surface area contributed by atoms with Gasteiger partial charge in [0.25, 0.3) is 5.56 Å². The van der Waals surface area contributed by atoms with E-state index in [0.29, 0.717) is 5.69 Å². The number of aromatic nitrogens is 1. The Balaban J connectivity index is 2.50. The Labute approximate surface area is 86.0 Å². The van der Waals surface area contributed by atoms with Gasteiger partial charge in [-0.15, -0.1) is 0 Å². The van der Waals surface area contributed by atoms with E-state index in [1.165, 1.54) is 0 Å². The molecular formula is C11H10N2O2. The van der Waals surface area contributed by atoms with Crippen molar-refractivity contribution in [2.75, 3.05) is 5.73 Å². The normalized spacial score (nSPS) is 10.1. The van der Waals surface area contributed by atoms with Gasteiger partial charge in [0.2, 0.25) is 0 Å². The molecule has 4 nitrogen and oxygen atoms in total. The van der Waals surface area contributed by atoms with Gasteiger partial charge in [-0.2, -0.15) is 0 Å². The lowest BCUT2D eigenvalue weighted by atomic mass is 10.1. The monoisotopic (exact) mass is 202 g/mol. The van der Waals surface area contributed by atoms with E-state index in [2.05, 4.69) is 4.98 Å². The van der Waals surface area contributed by atoms with Crippen molar-refractivity contribution in [1.29, 1.82) is 0 Å². The Bertz CT molecular complexity index is 529. The van der Waals surface area contributed by atoms with Crippen molar-refractivity contribution in [3.05, 3.63) is 46.8 Å². The summed E-state index contributed by atoms with van der Waals surface area (Å²) in [6.07, 6.45) is 0. The molecule has 2 aromatic rings. The molecule has 1 heterocycles. The number of rotatable bonds is 1. The molecule has 76 valence electrons. The molecule has 15 heavy (non-hydrogen) atoms. The first kappa shape index (κ1) is 9.33. The zero-order valence-corrected chi connectivity index (χ0v) is 7.90. The van der Waals surface area contributed by atoms with Gasteiger partial charge in [-0.25, -0.2) is 0 Å². The van der Waals surface area contributed by atoms with Crippen molar-refractivity contribution in [3.63, 3.8) is 0 Å². The summed E-state index contributed by atoms with van der Waals surface area (Å²) in [5, 5.41) is 9.11. The number of phenolic OH excluding ortho intramolecular Hbond substituents is 1. The standard InChI is InChI=1S/C11H10N2O2/c12-9-5-6-10(13-11(9)15)7-1-3-8(14)4-2-7/h1-6,14H,12H2,(H,13,15). The van der Waals surface area contributed by atoms with E-state index in [1.807, 2.05) is 0 Å². The summed E-state index contributed by atoms with van der Waals surface area (Å²) in [5.74, 6) is 0.191. The SMILES string of the molecule is Nc1ccc(-c2ccc(O)cc2)[nH]c1=O. The van der Waals surface area contributed by atoms with E-state index in [0.717, 1.165) is 5.56 Å². The number of phenols is 1. The first-order chi connectivity index (χ1) is 7.16. The Morgan fingerprint density at radius 3 is 2.33 bits per heavy atom. The number of aromatic amines is 1. The molecule has 1 aromatic heterocycles. The van der Waals surface area contributed by atoms with Gasteiger partial charge in [0.1, 0.15) is 5.75 Å². The molecule has 0 saturated carbocycles. The van der Waals surface area contributed by atoms with Gasteiger partial charge < -0.3 is 15.8 Å². The molecule has 0 atom stereocenters. The molecule has 0 saturated heterocycles. The predicted octanol–water partition coefficient (Wildman–Crippen LogP) is 1.33. The van der Waals surface area contributed by atoms with Crippen LogP contribution in [0, 0.1) is 0 Å². The molecule has 0 unspecified atom stereocenters. The maximum absolute atomic E-state index is 11.3. The van der Waals surface area contributed by atoms with Crippen molar-refractivity contribution < 1.29 is 5.11 Å². The molecule has 0 aliphatic heterocycles. The highest BCUT2D eigenvalue weighted by Gasteiger charge is 2.00. The lowest BCUT2D eigenvalue weighted by Crippen LogP contribution is -2.11. The number of anilines is 1. The molecule has 2 rings (SSSR count). The number of nitrogen functional groups attached to an aromatic ring is 1. The Hall–Kier alpha value is -2.23. The van der Waals surface area contributed by atoms with Crippen molar-refractivity contribution in [2.24, 2.45) is 0 Å². The molecule has 0 fully saturated rings. The second-order valence-electron chi connectivity index (χ2n) is 3.20. The largest absolute Gasteiger partial charge is 0.508 e. The number of benzene rings is 1. The van der Waals surface area contributed by atoms with Crippen LogP contribution < -0.4 is 11.3 Å². The summed E-state index contributed by atoms with van der Waals surface area (Å²) in [6.45, 7) is 0. The lowest BCUT2D eigenvalue weighted by molar-refractivity contribution is 0.475. The molecule has 0 amide bonds. The maximum atomic E-state index is 11.3. The molecule has 0 radical (unpaired) electrons. The van der Waals surface area contributed by atoms with Crippen LogP contribution in [-0.2, 0) is 0 Å². The van der Waals surface area contributed by atoms with Gasteiger partial charge in [0.15, 0.2) is 0 Å². The smallest absolute Gasteiger partial charge is 0.271 e. The minimum atomic E-state index is -0.305. The summed E-state index contributed by atoms with van der Waals surface area (Å²) in [6, 6.07) is 9.84. The van der Waals surface area contributed by atoms with Gasteiger partial charge in [0, 0.05) is 5.69 Å². The zero-order chi connectivity index (χ0) is 10.8. The van der Waals surface area contributed by atoms with Crippen LogP contribution in [-0.4, -0.2) is 10.1 Å². The first-order valence-corrected chi connectivity index (χ1v) is 4.45. The quantitative estimate of drug-likeness (QED) is 0.652. The molecular weight excluding hydrogens is 192 g/mol. The van der Waals surface area contributed by atoms with Gasteiger partial charge in [-0.05, 0) is 42.0 Å². The fraction of sp³-hybridized carbons (Fsp3) is 0. The van der Waals surface area contributed by atoms with Crippen LogP contribution in [0.5, 0.6) is 5.75 Å². The second-order valence-corrected chi connectivity index (χ2v) is 3.20. The minimum absolute atomic E-state index is 0.191. The van der Waals surface area contributed by atoms with E-state index in [1.54, 1.807) is 36.4 Å². The predicted molar refractivity (Wildman–Crippen MR) is 58.6 cm³/mol. The third-order valence-electron chi connectivity index (χ3n) is 2.12. The van der Waals surface area contributed by atoms with E-state index in [-0.39, 0.29) is 17.0 Å². The second kappa shape index (κ2) is 3.49. The molecule has 4 heteroatoms. The van der Waals surface area contributed by atoms with E-state index < -0.39 is 0 Å². The van der Waals surface area contributed by atoms with Crippen LogP contribution >= 0.6 is 0 Å². The van der Waals surface area contributed by atoms with Crippen LogP contribution in [0.2, 0.25) is 0 Å². The fourth-order valence-electron chi connectivity index (χ4n) is 1.29. The first-order valence-electron chi connectivity index (χ1n) is 4.45. The van der Waals surface area contributed by atoms with Crippen LogP contribution in [0.3, 0.4) is 0 Å². The van der Waals surface area contributed by atoms with Gasteiger partial charge >= 0.3 is 0 Å². The highest BCUT2D eigenvalue weighted by atomic mass is 16.3. The summed E-state index contributed by atoms with van der Waals surface area (Å²) in [5.41, 5.74) is 6.79. The molecule has 0 aliphatic carbocycles. The topological polar surface area (TPSA) is 79.1 Å². The summed E-state index contributed by atoms with van der Waals surface area (Å²) < 4.78 is 0. The molecule has 1 aromatic carbocycles. The summed E-state index contributed by atoms with van der Waals surface area (Å²) >= 11 is 0. The van der Waals surface area contributed by atoms with E-state index >= 15 is 0 Å². The third kappa shape index (κ3) is 1.83. The van der Waals surface area contributed by atoms with Crippen LogP contribution in [0.15, 0.2) is 41.2 Å². The number of hydrogen-bond acceptors (Lipinski definition) is 3. The number of nitrogens with one attached hydrogen (secondary N) is 1. The van der Waals surface area contributed by atoms with Crippen molar-refractivity contribution in [2.45, 2.75) is 0 Å². The molecule has 0 aliphatic rings. The molecule has 0 bridgehead atoms. The lowest BCUT2D eigenvalue weighted by Gasteiger charge is -2.01. The summed E-state index contributed by atoms with van der Waals surface area (Å²) in [7, 11) is 0. The molecule has 0 spiro atoms. The minimum Gasteiger partial charge on any atom is -0.508 e. The number of nitrogens with two attached hydrogens (primary N) is 1. The maximum Gasteiger partial charge on any atom is 0.271 e. The Morgan fingerprint density at radius 2 is 1.73 bits per heavy atom. The Morgan fingerprint density at radius 1 is 1.07 bits per heavy atom. The number of pyridine rings is 1. The van der Waals surface area contributed by atoms with E-state index in [9.17, 15) is 4.79 Å². The highest BCUT2D eigenvalue weighted by molar-refractivity contribution is 5.61. The van der Waals surface area contributed by atoms with Gasteiger partial charge in [-0.1, -0.05) is 0 Å². The van der Waals surface area contributed by atoms with Crippen LogP contribution in [0.4, 0.5) is 5.69 Å². The summed E-state index contributed by atoms with van der Waals surface area (Å²) in [4.78, 5) is 13.9. The van der Waals surface area contributed by atoms with Gasteiger partial charge in [-0.3, -0.25) is 4.79 Å². The number of hydrogen-bond donors (Lipinski definition) is 3. The zero-order valence-electron chi connectivity index (χ0n) is 7.90. The third-order valence-corrected chi connectivity index (χ3v) is 2.12.